The van der Waals surface area contributed by atoms with Crippen LogP contribution in [0.1, 0.15) is 24.5 Å². The Bertz CT molecular complexity index is 417. The van der Waals surface area contributed by atoms with Crippen molar-refractivity contribution in [3.05, 3.63) is 23.5 Å². The quantitative estimate of drug-likeness (QED) is 0.760. The fourth-order valence-electron chi connectivity index (χ4n) is 1.63. The second kappa shape index (κ2) is 3.17. The number of nitrogens with zero attached hydrogens (tertiary/aromatic N) is 2. The number of hydrogen-bond donors (Lipinski definition) is 1. The summed E-state index contributed by atoms with van der Waals surface area (Å²) in [6.07, 6.45) is 6.03. The summed E-state index contributed by atoms with van der Waals surface area (Å²) in [6, 6.07) is 0. The molecule has 0 atom stereocenters. The molecular weight excluding hydrogens is 162 g/mol. The maximum absolute atomic E-state index is 4.27. The fourth-order valence-corrected chi connectivity index (χ4v) is 1.63. The molecule has 2 rings (SSSR count). The Morgan fingerprint density at radius 1 is 1.38 bits per heavy atom. The molecule has 3 heteroatoms. The van der Waals surface area contributed by atoms with Crippen LogP contribution in [0.2, 0.25) is 0 Å². The van der Waals surface area contributed by atoms with Gasteiger partial charge in [-0.3, -0.25) is 5.10 Å². The van der Waals surface area contributed by atoms with Crippen molar-refractivity contribution in [2.24, 2.45) is 0 Å². The van der Waals surface area contributed by atoms with E-state index in [0.717, 1.165) is 18.5 Å². The highest BCUT2D eigenvalue weighted by Crippen LogP contribution is 2.19. The molecule has 0 fully saturated rings. The summed E-state index contributed by atoms with van der Waals surface area (Å²) >= 11 is 0. The number of aromatic nitrogens is 3. The van der Waals surface area contributed by atoms with Crippen molar-refractivity contribution in [3.63, 3.8) is 0 Å². The van der Waals surface area contributed by atoms with Crippen LogP contribution in [0.3, 0.4) is 0 Å². The molecule has 0 aliphatic rings. The summed E-state index contributed by atoms with van der Waals surface area (Å²) in [6.45, 7) is 4.29. The van der Waals surface area contributed by atoms with Crippen LogP contribution < -0.4 is 0 Å². The Balaban J connectivity index is 2.66. The van der Waals surface area contributed by atoms with Crippen molar-refractivity contribution in [1.82, 2.24) is 15.2 Å². The van der Waals surface area contributed by atoms with Crippen LogP contribution >= 0.6 is 0 Å². The van der Waals surface area contributed by atoms with E-state index in [-0.39, 0.29) is 0 Å². The lowest BCUT2D eigenvalue weighted by molar-refractivity contribution is 0.918. The summed E-state index contributed by atoms with van der Waals surface area (Å²) in [7, 11) is 0. The van der Waals surface area contributed by atoms with Gasteiger partial charge in [-0.25, -0.2) is 4.98 Å². The van der Waals surface area contributed by atoms with E-state index in [2.05, 4.69) is 29.0 Å². The van der Waals surface area contributed by atoms with Crippen molar-refractivity contribution in [2.45, 2.75) is 26.7 Å². The molecule has 0 aliphatic carbocycles. The zero-order chi connectivity index (χ0) is 9.26. The third-order valence-corrected chi connectivity index (χ3v) is 2.31. The Morgan fingerprint density at radius 2 is 2.23 bits per heavy atom. The van der Waals surface area contributed by atoms with Gasteiger partial charge in [-0.15, -0.1) is 0 Å². The van der Waals surface area contributed by atoms with Crippen LogP contribution in [-0.4, -0.2) is 15.2 Å². The molecule has 68 valence electrons. The van der Waals surface area contributed by atoms with E-state index >= 15 is 0 Å². The van der Waals surface area contributed by atoms with Crippen molar-refractivity contribution >= 4 is 11.0 Å². The standard InChI is InChI=1S/C10H13N3/c1-3-4-8-7(2)5-11-10-9(8)6-12-13-10/h5-6H,3-4H2,1-2H3,(H,11,12,13). The summed E-state index contributed by atoms with van der Waals surface area (Å²) < 4.78 is 0. The second-order valence-corrected chi connectivity index (χ2v) is 3.30. The van der Waals surface area contributed by atoms with E-state index in [0.29, 0.717) is 0 Å². The van der Waals surface area contributed by atoms with E-state index in [4.69, 9.17) is 0 Å². The molecular formula is C10H13N3. The van der Waals surface area contributed by atoms with E-state index in [1.807, 2.05) is 12.4 Å². The van der Waals surface area contributed by atoms with Gasteiger partial charge in [-0.05, 0) is 24.5 Å². The van der Waals surface area contributed by atoms with Gasteiger partial charge in [0.2, 0.25) is 0 Å². The molecule has 0 unspecified atom stereocenters. The second-order valence-electron chi connectivity index (χ2n) is 3.30. The zero-order valence-electron chi connectivity index (χ0n) is 7.96. The Morgan fingerprint density at radius 3 is 3.00 bits per heavy atom. The molecule has 0 amide bonds. The minimum Gasteiger partial charge on any atom is -0.261 e. The zero-order valence-corrected chi connectivity index (χ0v) is 7.96. The number of rotatable bonds is 2. The summed E-state index contributed by atoms with van der Waals surface area (Å²) in [5.41, 5.74) is 3.53. The van der Waals surface area contributed by atoms with Crippen LogP contribution in [0.15, 0.2) is 12.4 Å². The number of aryl methyl sites for hydroxylation is 2. The van der Waals surface area contributed by atoms with Gasteiger partial charge in [0.1, 0.15) is 0 Å². The van der Waals surface area contributed by atoms with Crippen LogP contribution in [0.4, 0.5) is 0 Å². The normalized spacial score (nSPS) is 10.9. The van der Waals surface area contributed by atoms with Crippen molar-refractivity contribution in [1.29, 1.82) is 0 Å². The molecule has 0 aliphatic heterocycles. The predicted octanol–water partition coefficient (Wildman–Crippen LogP) is 2.22. The van der Waals surface area contributed by atoms with Gasteiger partial charge >= 0.3 is 0 Å². The molecule has 2 aromatic heterocycles. The minimum atomic E-state index is 0.897. The van der Waals surface area contributed by atoms with Crippen LogP contribution in [-0.2, 0) is 6.42 Å². The van der Waals surface area contributed by atoms with Gasteiger partial charge in [0.05, 0.1) is 6.20 Å². The molecule has 0 saturated heterocycles. The first-order chi connectivity index (χ1) is 6.33. The van der Waals surface area contributed by atoms with Gasteiger partial charge < -0.3 is 0 Å². The number of nitrogens with one attached hydrogen (secondary N) is 1. The van der Waals surface area contributed by atoms with Crippen molar-refractivity contribution in [2.75, 3.05) is 0 Å². The number of aromatic amines is 1. The number of hydrogen-bond acceptors (Lipinski definition) is 2. The number of fused-ring (bicyclic) bond motifs is 1. The van der Waals surface area contributed by atoms with Crippen molar-refractivity contribution in [3.8, 4) is 0 Å². The molecule has 3 nitrogen and oxygen atoms in total. The van der Waals surface area contributed by atoms with Crippen molar-refractivity contribution < 1.29 is 0 Å². The Hall–Kier alpha value is -1.38. The molecule has 0 aromatic carbocycles. The van der Waals surface area contributed by atoms with Gasteiger partial charge in [0, 0.05) is 11.6 Å². The molecule has 2 aromatic rings. The first-order valence-corrected chi connectivity index (χ1v) is 4.60. The predicted molar refractivity (Wildman–Crippen MR) is 52.6 cm³/mol. The van der Waals surface area contributed by atoms with Crippen LogP contribution in [0.5, 0.6) is 0 Å². The van der Waals surface area contributed by atoms with Gasteiger partial charge in [-0.2, -0.15) is 5.10 Å². The lowest BCUT2D eigenvalue weighted by atomic mass is 10.0. The Kier molecular flexibility index (Phi) is 2.00. The summed E-state index contributed by atoms with van der Waals surface area (Å²) in [4.78, 5) is 4.27. The highest BCUT2D eigenvalue weighted by atomic mass is 15.1. The maximum atomic E-state index is 4.27. The van der Waals surface area contributed by atoms with Crippen LogP contribution in [0, 0.1) is 6.92 Å². The van der Waals surface area contributed by atoms with E-state index in [9.17, 15) is 0 Å². The molecule has 2 heterocycles. The average Bonchev–Trinajstić information content (AvgIpc) is 2.58. The molecule has 13 heavy (non-hydrogen) atoms. The van der Waals surface area contributed by atoms with E-state index < -0.39 is 0 Å². The van der Waals surface area contributed by atoms with Gasteiger partial charge in [0.15, 0.2) is 5.65 Å². The smallest absolute Gasteiger partial charge is 0.155 e. The first kappa shape index (κ1) is 8.23. The van der Waals surface area contributed by atoms with E-state index in [1.54, 1.807) is 0 Å². The molecule has 0 bridgehead atoms. The first-order valence-electron chi connectivity index (χ1n) is 4.60. The monoisotopic (exact) mass is 175 g/mol. The molecule has 1 N–H and O–H groups in total. The topological polar surface area (TPSA) is 41.6 Å². The lowest BCUT2D eigenvalue weighted by Crippen LogP contribution is -1.91. The fraction of sp³-hybridized carbons (Fsp3) is 0.400. The number of pyridine rings is 1. The molecule has 0 radical (unpaired) electrons. The highest BCUT2D eigenvalue weighted by Gasteiger charge is 2.05. The molecule has 0 spiro atoms. The SMILES string of the molecule is CCCc1c(C)cnc2[nH]ncc12. The highest BCUT2D eigenvalue weighted by molar-refractivity contribution is 5.78. The third kappa shape index (κ3) is 1.30. The van der Waals surface area contributed by atoms with Gasteiger partial charge in [-0.1, -0.05) is 13.3 Å². The lowest BCUT2D eigenvalue weighted by Gasteiger charge is -2.03. The minimum absolute atomic E-state index is 0.897. The third-order valence-electron chi connectivity index (χ3n) is 2.31. The number of H-pyrrole nitrogens is 1. The summed E-state index contributed by atoms with van der Waals surface area (Å²) in [5, 5.41) is 8.05. The van der Waals surface area contributed by atoms with E-state index in [1.165, 1.54) is 16.5 Å². The summed E-state index contributed by atoms with van der Waals surface area (Å²) in [5.74, 6) is 0. The van der Waals surface area contributed by atoms with Gasteiger partial charge in [0.25, 0.3) is 0 Å². The molecule has 0 saturated carbocycles. The van der Waals surface area contributed by atoms with Crippen LogP contribution in [0.25, 0.3) is 11.0 Å². The average molecular weight is 175 g/mol. The largest absolute Gasteiger partial charge is 0.261 e. The maximum Gasteiger partial charge on any atom is 0.155 e. The Labute approximate surface area is 77.2 Å².